The molecule has 0 bridgehead atoms. The Labute approximate surface area is 106 Å². The minimum Gasteiger partial charge on any atom is -0.388 e. The summed E-state index contributed by atoms with van der Waals surface area (Å²) >= 11 is 0. The molecule has 3 rings (SSSR count). The first kappa shape index (κ1) is 11.1. The van der Waals surface area contributed by atoms with Crippen LogP contribution >= 0.6 is 0 Å². The van der Waals surface area contributed by atoms with Gasteiger partial charge < -0.3 is 10.2 Å². The van der Waals surface area contributed by atoms with Gasteiger partial charge in [0.1, 0.15) is 5.82 Å². The highest BCUT2D eigenvalue weighted by Crippen LogP contribution is 2.32. The number of rotatable bonds is 2. The van der Waals surface area contributed by atoms with E-state index in [4.69, 9.17) is 0 Å². The maximum atomic E-state index is 13.3. The van der Waals surface area contributed by atoms with Gasteiger partial charge in [-0.25, -0.2) is 4.39 Å². The molecule has 2 aromatic carbocycles. The first-order chi connectivity index (χ1) is 8.78. The molecule has 1 heterocycles. The topological polar surface area (TPSA) is 15.3 Å². The molecule has 0 unspecified atom stereocenters. The van der Waals surface area contributed by atoms with Crippen LogP contribution in [0.4, 0.5) is 15.8 Å². The normalized spacial score (nSPS) is 13.6. The average molecular weight is 242 g/mol. The van der Waals surface area contributed by atoms with Crippen LogP contribution in [0.2, 0.25) is 0 Å². The Kier molecular flexibility index (Phi) is 2.67. The smallest absolute Gasteiger partial charge is 0.125 e. The van der Waals surface area contributed by atoms with Crippen LogP contribution in [0.25, 0.3) is 0 Å². The van der Waals surface area contributed by atoms with E-state index in [1.165, 1.54) is 17.2 Å². The number of nitrogens with one attached hydrogen (secondary N) is 1. The lowest BCUT2D eigenvalue weighted by Crippen LogP contribution is -2.14. The van der Waals surface area contributed by atoms with Crippen LogP contribution < -0.4 is 10.2 Å². The summed E-state index contributed by atoms with van der Waals surface area (Å²) < 4.78 is 13.3. The SMILES string of the molecule is CNc1cccc2c1CN(c1cccc(F)c1)C2. The van der Waals surface area contributed by atoms with Gasteiger partial charge in [-0.2, -0.15) is 0 Å². The lowest BCUT2D eigenvalue weighted by molar-refractivity contribution is 0.626. The Morgan fingerprint density at radius 1 is 1.11 bits per heavy atom. The Morgan fingerprint density at radius 3 is 2.72 bits per heavy atom. The van der Waals surface area contributed by atoms with Gasteiger partial charge >= 0.3 is 0 Å². The minimum absolute atomic E-state index is 0.183. The number of anilines is 2. The van der Waals surface area contributed by atoms with Gasteiger partial charge in [0.2, 0.25) is 0 Å². The predicted octanol–water partition coefficient (Wildman–Crippen LogP) is 3.39. The Bertz CT molecular complexity index is 580. The van der Waals surface area contributed by atoms with Gasteiger partial charge in [0, 0.05) is 31.5 Å². The van der Waals surface area contributed by atoms with Gasteiger partial charge in [0.15, 0.2) is 0 Å². The molecule has 0 aromatic heterocycles. The molecule has 0 aliphatic carbocycles. The van der Waals surface area contributed by atoms with Crippen molar-refractivity contribution in [3.05, 3.63) is 59.4 Å². The van der Waals surface area contributed by atoms with Gasteiger partial charge in [-0.15, -0.1) is 0 Å². The predicted molar refractivity (Wildman–Crippen MR) is 72.3 cm³/mol. The first-order valence-electron chi connectivity index (χ1n) is 6.07. The van der Waals surface area contributed by atoms with Crippen molar-refractivity contribution in [2.45, 2.75) is 13.1 Å². The zero-order valence-electron chi connectivity index (χ0n) is 10.3. The fraction of sp³-hybridized carbons (Fsp3) is 0.200. The van der Waals surface area contributed by atoms with Crippen molar-refractivity contribution < 1.29 is 4.39 Å². The molecule has 0 radical (unpaired) electrons. The van der Waals surface area contributed by atoms with Crippen molar-refractivity contribution in [2.75, 3.05) is 17.3 Å². The number of hydrogen-bond donors (Lipinski definition) is 1. The lowest BCUT2D eigenvalue weighted by Gasteiger charge is -2.17. The van der Waals surface area contributed by atoms with Gasteiger partial charge in [0.05, 0.1) is 0 Å². The van der Waals surface area contributed by atoms with E-state index in [1.54, 1.807) is 12.1 Å². The third-order valence-corrected chi connectivity index (χ3v) is 3.43. The second-order valence-corrected chi connectivity index (χ2v) is 4.53. The average Bonchev–Trinajstić information content (AvgIpc) is 2.82. The molecule has 1 aliphatic heterocycles. The molecule has 18 heavy (non-hydrogen) atoms. The summed E-state index contributed by atoms with van der Waals surface area (Å²) in [5, 5.41) is 3.21. The van der Waals surface area contributed by atoms with Gasteiger partial charge in [-0.3, -0.25) is 0 Å². The quantitative estimate of drug-likeness (QED) is 0.868. The molecule has 0 saturated carbocycles. The monoisotopic (exact) mass is 242 g/mol. The number of hydrogen-bond acceptors (Lipinski definition) is 2. The number of benzene rings is 2. The maximum Gasteiger partial charge on any atom is 0.125 e. The third-order valence-electron chi connectivity index (χ3n) is 3.43. The van der Waals surface area contributed by atoms with Gasteiger partial charge in [0.25, 0.3) is 0 Å². The molecular formula is C15H15FN2. The molecule has 0 fully saturated rings. The van der Waals surface area contributed by atoms with Crippen LogP contribution in [-0.4, -0.2) is 7.05 Å². The van der Waals surface area contributed by atoms with Crippen molar-refractivity contribution in [2.24, 2.45) is 0 Å². The van der Waals surface area contributed by atoms with Crippen molar-refractivity contribution in [3.63, 3.8) is 0 Å². The summed E-state index contributed by atoms with van der Waals surface area (Å²) in [5.41, 5.74) is 4.72. The van der Waals surface area contributed by atoms with Gasteiger partial charge in [-0.05, 0) is 35.4 Å². The summed E-state index contributed by atoms with van der Waals surface area (Å²) in [6.07, 6.45) is 0. The second-order valence-electron chi connectivity index (χ2n) is 4.53. The van der Waals surface area contributed by atoms with E-state index in [1.807, 2.05) is 13.1 Å². The summed E-state index contributed by atoms with van der Waals surface area (Å²) in [5.74, 6) is -0.183. The van der Waals surface area contributed by atoms with E-state index in [2.05, 4.69) is 28.4 Å². The van der Waals surface area contributed by atoms with E-state index in [-0.39, 0.29) is 5.82 Å². The highest BCUT2D eigenvalue weighted by Gasteiger charge is 2.21. The summed E-state index contributed by atoms with van der Waals surface area (Å²) in [6, 6.07) is 13.0. The zero-order chi connectivity index (χ0) is 12.5. The molecule has 0 amide bonds. The molecule has 0 spiro atoms. The molecule has 2 aromatic rings. The molecule has 1 N–H and O–H groups in total. The summed E-state index contributed by atoms with van der Waals surface area (Å²) in [7, 11) is 1.93. The van der Waals surface area contributed by atoms with Crippen LogP contribution in [0.1, 0.15) is 11.1 Å². The number of nitrogens with zero attached hydrogens (tertiary/aromatic N) is 1. The Hall–Kier alpha value is -2.03. The fourth-order valence-corrected chi connectivity index (χ4v) is 2.51. The molecular weight excluding hydrogens is 227 g/mol. The van der Waals surface area contributed by atoms with Crippen molar-refractivity contribution in [3.8, 4) is 0 Å². The number of fused-ring (bicyclic) bond motifs is 1. The van der Waals surface area contributed by atoms with E-state index in [0.717, 1.165) is 24.5 Å². The van der Waals surface area contributed by atoms with Crippen molar-refractivity contribution in [1.29, 1.82) is 0 Å². The van der Waals surface area contributed by atoms with Crippen molar-refractivity contribution >= 4 is 11.4 Å². The molecule has 92 valence electrons. The van der Waals surface area contributed by atoms with Crippen LogP contribution in [0, 0.1) is 5.82 Å². The van der Waals surface area contributed by atoms with Crippen molar-refractivity contribution in [1.82, 2.24) is 0 Å². The summed E-state index contributed by atoms with van der Waals surface area (Å²) in [6.45, 7) is 1.67. The molecule has 0 atom stereocenters. The van der Waals surface area contributed by atoms with E-state index >= 15 is 0 Å². The van der Waals surface area contributed by atoms with E-state index < -0.39 is 0 Å². The highest BCUT2D eigenvalue weighted by molar-refractivity contribution is 5.61. The van der Waals surface area contributed by atoms with Crippen LogP contribution in [0.5, 0.6) is 0 Å². The fourth-order valence-electron chi connectivity index (χ4n) is 2.51. The molecule has 0 saturated heterocycles. The third kappa shape index (κ3) is 1.82. The molecule has 3 heteroatoms. The molecule has 1 aliphatic rings. The Balaban J connectivity index is 1.93. The lowest BCUT2D eigenvalue weighted by atomic mass is 10.1. The maximum absolute atomic E-state index is 13.3. The van der Waals surface area contributed by atoms with Crippen LogP contribution in [0.15, 0.2) is 42.5 Å². The van der Waals surface area contributed by atoms with E-state index in [9.17, 15) is 4.39 Å². The highest BCUT2D eigenvalue weighted by atomic mass is 19.1. The second kappa shape index (κ2) is 4.33. The minimum atomic E-state index is -0.183. The summed E-state index contributed by atoms with van der Waals surface area (Å²) in [4.78, 5) is 2.19. The van der Waals surface area contributed by atoms with Crippen LogP contribution in [0.3, 0.4) is 0 Å². The Morgan fingerprint density at radius 2 is 1.94 bits per heavy atom. The van der Waals surface area contributed by atoms with Gasteiger partial charge in [-0.1, -0.05) is 18.2 Å². The van der Waals surface area contributed by atoms with E-state index in [0.29, 0.717) is 0 Å². The van der Waals surface area contributed by atoms with Crippen LogP contribution in [-0.2, 0) is 13.1 Å². The standard InChI is InChI=1S/C15H15FN2/c1-17-15-7-2-4-11-9-18(10-14(11)15)13-6-3-5-12(16)8-13/h2-8,17H,9-10H2,1H3. The zero-order valence-corrected chi connectivity index (χ0v) is 10.3. The molecule has 2 nitrogen and oxygen atoms in total. The first-order valence-corrected chi connectivity index (χ1v) is 6.07. The largest absolute Gasteiger partial charge is 0.388 e. The number of halogens is 1.